The summed E-state index contributed by atoms with van der Waals surface area (Å²) < 4.78 is 4.30. The van der Waals surface area contributed by atoms with Crippen LogP contribution < -0.4 is 0 Å². The minimum absolute atomic E-state index is 0.701. The van der Waals surface area contributed by atoms with Crippen LogP contribution in [0.2, 0.25) is 0 Å². The van der Waals surface area contributed by atoms with Crippen LogP contribution >= 0.6 is 0 Å². The van der Waals surface area contributed by atoms with Crippen molar-refractivity contribution in [2.45, 2.75) is 33.2 Å². The molecule has 0 bridgehead atoms. The summed E-state index contributed by atoms with van der Waals surface area (Å²) in [4.78, 5) is 0. The Balaban J connectivity index is 1.54. The van der Waals surface area contributed by atoms with Crippen molar-refractivity contribution in [1.29, 1.82) is 0 Å². The van der Waals surface area contributed by atoms with E-state index in [0.717, 1.165) is 35.4 Å². The fourth-order valence-electron chi connectivity index (χ4n) is 4.99. The van der Waals surface area contributed by atoms with E-state index in [0.29, 0.717) is 6.54 Å². The lowest BCUT2D eigenvalue weighted by molar-refractivity contribution is 0.592. The van der Waals surface area contributed by atoms with Gasteiger partial charge in [-0.05, 0) is 54.0 Å². The molecule has 4 aromatic carbocycles. The van der Waals surface area contributed by atoms with E-state index in [2.05, 4.69) is 131 Å². The molecule has 0 aliphatic carbocycles. The molecule has 6 rings (SSSR count). The van der Waals surface area contributed by atoms with Crippen molar-refractivity contribution in [1.82, 2.24) is 24.8 Å². The Bertz CT molecular complexity index is 1640. The van der Waals surface area contributed by atoms with Gasteiger partial charge in [0.25, 0.3) is 0 Å². The highest BCUT2D eigenvalue weighted by Gasteiger charge is 2.23. The van der Waals surface area contributed by atoms with Gasteiger partial charge in [0.1, 0.15) is 5.69 Å². The third-order valence-corrected chi connectivity index (χ3v) is 6.97. The van der Waals surface area contributed by atoms with E-state index in [1.165, 1.54) is 33.3 Å². The zero-order valence-corrected chi connectivity index (χ0v) is 21.2. The van der Waals surface area contributed by atoms with Gasteiger partial charge in [-0.3, -0.25) is 0 Å². The summed E-state index contributed by atoms with van der Waals surface area (Å²) in [6.45, 7) is 4.95. The zero-order valence-electron chi connectivity index (χ0n) is 21.2. The third-order valence-electron chi connectivity index (χ3n) is 6.97. The average Bonchev–Trinajstić information content (AvgIpc) is 3.52. The van der Waals surface area contributed by atoms with Crippen LogP contribution in [0.15, 0.2) is 103 Å². The van der Waals surface area contributed by atoms with E-state index in [-0.39, 0.29) is 0 Å². The Morgan fingerprint density at radius 2 is 1.30 bits per heavy atom. The highest BCUT2D eigenvalue weighted by atomic mass is 15.5. The second-order valence-electron chi connectivity index (χ2n) is 9.64. The molecule has 0 fully saturated rings. The number of aromatic nitrogens is 5. The van der Waals surface area contributed by atoms with Crippen LogP contribution in [0.1, 0.15) is 27.9 Å². The first-order valence-electron chi connectivity index (χ1n) is 12.7. The van der Waals surface area contributed by atoms with Gasteiger partial charge in [0.2, 0.25) is 0 Å². The number of rotatable bonds is 7. The van der Waals surface area contributed by atoms with Crippen molar-refractivity contribution in [2.24, 2.45) is 0 Å². The average molecular weight is 484 g/mol. The molecule has 6 aromatic rings. The molecule has 182 valence electrons. The second-order valence-corrected chi connectivity index (χ2v) is 9.64. The summed E-state index contributed by atoms with van der Waals surface area (Å²) >= 11 is 0. The third kappa shape index (κ3) is 4.56. The highest BCUT2D eigenvalue weighted by molar-refractivity contribution is 5.98. The van der Waals surface area contributed by atoms with Gasteiger partial charge in [-0.2, -0.15) is 0 Å². The van der Waals surface area contributed by atoms with Crippen molar-refractivity contribution in [3.8, 4) is 17.2 Å². The Labute approximate surface area is 217 Å². The SMILES string of the molecule is Cc1ccc(Cc2c3ccccc3c(-c3nnnn3CCc3ccccc3)n2-c2ccc(C)cc2)cc1. The maximum atomic E-state index is 4.57. The van der Waals surface area contributed by atoms with Gasteiger partial charge in [-0.1, -0.05) is 102 Å². The fourth-order valence-corrected chi connectivity index (χ4v) is 4.99. The van der Waals surface area contributed by atoms with Crippen molar-refractivity contribution < 1.29 is 0 Å². The van der Waals surface area contributed by atoms with Crippen LogP contribution in [0, 0.1) is 13.8 Å². The van der Waals surface area contributed by atoms with Gasteiger partial charge < -0.3 is 4.57 Å². The van der Waals surface area contributed by atoms with Gasteiger partial charge in [0.05, 0.1) is 0 Å². The minimum Gasteiger partial charge on any atom is -0.309 e. The van der Waals surface area contributed by atoms with Crippen LogP contribution in [0.4, 0.5) is 0 Å². The lowest BCUT2D eigenvalue weighted by Gasteiger charge is -2.15. The first kappa shape index (κ1) is 22.9. The minimum atomic E-state index is 0.701. The molecule has 0 saturated carbocycles. The molecule has 0 unspecified atom stereocenters. The molecule has 2 heterocycles. The van der Waals surface area contributed by atoms with Gasteiger partial charge in [-0.15, -0.1) is 5.10 Å². The molecule has 5 nitrogen and oxygen atoms in total. The van der Waals surface area contributed by atoms with Gasteiger partial charge in [-0.25, -0.2) is 4.68 Å². The molecule has 0 aliphatic rings. The van der Waals surface area contributed by atoms with Crippen LogP contribution in [-0.2, 0) is 19.4 Å². The summed E-state index contributed by atoms with van der Waals surface area (Å²) in [5.41, 5.74) is 8.41. The van der Waals surface area contributed by atoms with Crippen molar-refractivity contribution in [3.05, 3.63) is 131 Å². The fraction of sp³-hybridized carbons (Fsp3) is 0.156. The number of benzene rings is 4. The van der Waals surface area contributed by atoms with Gasteiger partial charge in [0.15, 0.2) is 5.82 Å². The zero-order chi connectivity index (χ0) is 25.2. The molecule has 0 N–H and O–H groups in total. The molecule has 37 heavy (non-hydrogen) atoms. The molecule has 0 radical (unpaired) electrons. The smallest absolute Gasteiger partial charge is 0.199 e. The first-order chi connectivity index (χ1) is 18.2. The molecular weight excluding hydrogens is 454 g/mol. The summed E-state index contributed by atoms with van der Waals surface area (Å²) in [5.74, 6) is 0.780. The molecule has 0 spiro atoms. The number of nitrogens with zero attached hydrogens (tertiary/aromatic N) is 5. The summed E-state index contributed by atoms with van der Waals surface area (Å²) in [6, 6.07) is 36.6. The van der Waals surface area contributed by atoms with E-state index in [4.69, 9.17) is 0 Å². The predicted octanol–water partition coefficient (Wildman–Crippen LogP) is 6.73. The normalized spacial score (nSPS) is 11.3. The largest absolute Gasteiger partial charge is 0.309 e. The van der Waals surface area contributed by atoms with Crippen LogP contribution in [0.25, 0.3) is 28.0 Å². The lowest BCUT2D eigenvalue weighted by atomic mass is 10.0. The Morgan fingerprint density at radius 3 is 2.03 bits per heavy atom. The molecule has 0 saturated heterocycles. The number of aryl methyl sites for hydroxylation is 4. The van der Waals surface area contributed by atoms with Gasteiger partial charge >= 0.3 is 0 Å². The second kappa shape index (κ2) is 9.86. The van der Waals surface area contributed by atoms with E-state index in [1.54, 1.807) is 0 Å². The van der Waals surface area contributed by atoms with Gasteiger partial charge in [0, 0.05) is 35.1 Å². The van der Waals surface area contributed by atoms with E-state index < -0.39 is 0 Å². The topological polar surface area (TPSA) is 48.5 Å². The van der Waals surface area contributed by atoms with E-state index in [1.807, 2.05) is 10.7 Å². The maximum Gasteiger partial charge on any atom is 0.199 e. The molecule has 0 atom stereocenters. The highest BCUT2D eigenvalue weighted by Crippen LogP contribution is 2.37. The number of tetrazole rings is 1. The van der Waals surface area contributed by atoms with Crippen molar-refractivity contribution in [2.75, 3.05) is 0 Å². The monoisotopic (exact) mass is 483 g/mol. The standard InChI is InChI=1S/C32H29N5/c1-23-12-16-26(17-13-23)22-30-28-10-6-7-11-29(28)31(37(30)27-18-14-24(2)15-19-27)32-33-34-35-36(32)21-20-25-8-4-3-5-9-25/h3-19H,20-22H2,1-2H3. The van der Waals surface area contributed by atoms with Crippen LogP contribution in [0.3, 0.4) is 0 Å². The summed E-state index contributed by atoms with van der Waals surface area (Å²) in [6.07, 6.45) is 1.67. The van der Waals surface area contributed by atoms with E-state index in [9.17, 15) is 0 Å². The number of fused-ring (bicyclic) bond motifs is 1. The first-order valence-corrected chi connectivity index (χ1v) is 12.7. The quantitative estimate of drug-likeness (QED) is 0.253. The van der Waals surface area contributed by atoms with Crippen molar-refractivity contribution in [3.63, 3.8) is 0 Å². The predicted molar refractivity (Wildman–Crippen MR) is 149 cm³/mol. The summed E-state index contributed by atoms with van der Waals surface area (Å²) in [7, 11) is 0. The Morgan fingerprint density at radius 1 is 0.649 bits per heavy atom. The number of hydrogen-bond donors (Lipinski definition) is 0. The lowest BCUT2D eigenvalue weighted by Crippen LogP contribution is -2.09. The molecule has 0 aliphatic heterocycles. The van der Waals surface area contributed by atoms with Crippen LogP contribution in [-0.4, -0.2) is 24.8 Å². The molecule has 0 amide bonds. The maximum absolute atomic E-state index is 4.57. The Kier molecular flexibility index (Phi) is 6.11. The van der Waals surface area contributed by atoms with E-state index >= 15 is 0 Å². The van der Waals surface area contributed by atoms with Crippen molar-refractivity contribution >= 4 is 10.8 Å². The van der Waals surface area contributed by atoms with Crippen LogP contribution in [0.5, 0.6) is 0 Å². The number of hydrogen-bond acceptors (Lipinski definition) is 3. The Hall–Kier alpha value is -4.51. The molecular formula is C32H29N5. The summed E-state index contributed by atoms with van der Waals surface area (Å²) in [5, 5.41) is 15.5. The molecule has 5 heteroatoms. The molecule has 2 aromatic heterocycles.